The second-order valence-electron chi connectivity index (χ2n) is 3.69. The Morgan fingerprint density at radius 1 is 1.19 bits per heavy atom. The van der Waals surface area contributed by atoms with Gasteiger partial charge in [0.1, 0.15) is 0 Å². The van der Waals surface area contributed by atoms with E-state index in [9.17, 15) is 0 Å². The van der Waals surface area contributed by atoms with E-state index in [0.717, 1.165) is 29.6 Å². The van der Waals surface area contributed by atoms with Crippen LogP contribution >= 0.6 is 11.8 Å². The summed E-state index contributed by atoms with van der Waals surface area (Å²) in [4.78, 5) is 8.59. The van der Waals surface area contributed by atoms with E-state index in [1.165, 1.54) is 19.3 Å². The van der Waals surface area contributed by atoms with Gasteiger partial charge >= 0.3 is 0 Å². The first-order chi connectivity index (χ1) is 7.86. The van der Waals surface area contributed by atoms with Crippen molar-refractivity contribution in [2.45, 2.75) is 44.8 Å². The number of hydrogen-bond acceptors (Lipinski definition) is 4. The molecule has 1 N–H and O–H groups in total. The van der Waals surface area contributed by atoms with E-state index < -0.39 is 0 Å². The van der Waals surface area contributed by atoms with Crippen LogP contribution in [-0.2, 0) is 6.54 Å². The van der Waals surface area contributed by atoms with Gasteiger partial charge in [0.15, 0.2) is 5.16 Å². The standard InChI is InChI=1S/C12H21N3S/c1-3-5-6-7-13-8-11-9-14-12(15-10-11)16-4-2/h9-10,13H,3-8H2,1-2H3. The first kappa shape index (κ1) is 13.5. The summed E-state index contributed by atoms with van der Waals surface area (Å²) in [6.45, 7) is 6.29. The van der Waals surface area contributed by atoms with E-state index in [1.807, 2.05) is 12.4 Å². The van der Waals surface area contributed by atoms with E-state index in [-0.39, 0.29) is 0 Å². The van der Waals surface area contributed by atoms with Crippen molar-refractivity contribution in [2.75, 3.05) is 12.3 Å². The lowest BCUT2D eigenvalue weighted by molar-refractivity contribution is 0.614. The van der Waals surface area contributed by atoms with Crippen LogP contribution in [0.15, 0.2) is 17.6 Å². The average molecular weight is 239 g/mol. The zero-order valence-corrected chi connectivity index (χ0v) is 11.0. The molecule has 1 aromatic heterocycles. The van der Waals surface area contributed by atoms with Gasteiger partial charge in [-0.25, -0.2) is 9.97 Å². The number of aromatic nitrogens is 2. The highest BCUT2D eigenvalue weighted by atomic mass is 32.2. The molecule has 0 amide bonds. The summed E-state index contributed by atoms with van der Waals surface area (Å²) >= 11 is 1.68. The van der Waals surface area contributed by atoms with E-state index in [2.05, 4.69) is 29.1 Å². The van der Waals surface area contributed by atoms with Crippen LogP contribution in [0.2, 0.25) is 0 Å². The zero-order valence-electron chi connectivity index (χ0n) is 10.2. The van der Waals surface area contributed by atoms with Crippen molar-refractivity contribution < 1.29 is 0 Å². The van der Waals surface area contributed by atoms with Crippen LogP contribution < -0.4 is 5.32 Å². The van der Waals surface area contributed by atoms with Crippen molar-refractivity contribution in [3.05, 3.63) is 18.0 Å². The Kier molecular flexibility index (Phi) is 7.17. The summed E-state index contributed by atoms with van der Waals surface area (Å²) in [5.74, 6) is 1.02. The maximum atomic E-state index is 4.30. The molecule has 0 aromatic carbocycles. The largest absolute Gasteiger partial charge is 0.313 e. The van der Waals surface area contributed by atoms with Crippen LogP contribution in [0.5, 0.6) is 0 Å². The molecule has 0 saturated heterocycles. The number of nitrogens with zero attached hydrogens (tertiary/aromatic N) is 2. The third-order valence-corrected chi connectivity index (χ3v) is 3.00. The maximum absolute atomic E-state index is 4.30. The summed E-state index contributed by atoms with van der Waals surface area (Å²) in [7, 11) is 0. The summed E-state index contributed by atoms with van der Waals surface area (Å²) in [5, 5.41) is 4.27. The zero-order chi connectivity index (χ0) is 11.6. The quantitative estimate of drug-likeness (QED) is 0.430. The molecule has 0 aliphatic carbocycles. The van der Waals surface area contributed by atoms with Crippen LogP contribution in [0.3, 0.4) is 0 Å². The number of unbranched alkanes of at least 4 members (excludes halogenated alkanes) is 2. The molecule has 0 aliphatic rings. The molecule has 0 fully saturated rings. The van der Waals surface area contributed by atoms with Gasteiger partial charge in [0.25, 0.3) is 0 Å². The molecule has 90 valence electrons. The van der Waals surface area contributed by atoms with Crippen LogP contribution in [0.1, 0.15) is 38.7 Å². The highest BCUT2D eigenvalue weighted by Gasteiger charge is 1.97. The molecule has 0 bridgehead atoms. The molecular weight excluding hydrogens is 218 g/mol. The second-order valence-corrected chi connectivity index (χ2v) is 4.92. The Balaban J connectivity index is 2.21. The molecule has 0 aliphatic heterocycles. The lowest BCUT2D eigenvalue weighted by Gasteiger charge is -2.04. The predicted molar refractivity (Wildman–Crippen MR) is 69.7 cm³/mol. The minimum atomic E-state index is 0.872. The molecule has 0 spiro atoms. The Morgan fingerprint density at radius 2 is 1.94 bits per heavy atom. The molecule has 1 aromatic rings. The molecule has 3 nitrogen and oxygen atoms in total. The monoisotopic (exact) mass is 239 g/mol. The predicted octanol–water partition coefficient (Wildman–Crippen LogP) is 2.87. The fourth-order valence-corrected chi connectivity index (χ4v) is 1.88. The van der Waals surface area contributed by atoms with Gasteiger partial charge in [-0.15, -0.1) is 0 Å². The van der Waals surface area contributed by atoms with Crippen molar-refractivity contribution in [2.24, 2.45) is 0 Å². The van der Waals surface area contributed by atoms with Crippen molar-refractivity contribution in [1.29, 1.82) is 0 Å². The smallest absolute Gasteiger partial charge is 0.187 e. The summed E-state index contributed by atoms with van der Waals surface area (Å²) in [5.41, 5.74) is 1.16. The van der Waals surface area contributed by atoms with Gasteiger partial charge in [0.05, 0.1) is 0 Å². The van der Waals surface area contributed by atoms with E-state index in [4.69, 9.17) is 0 Å². The van der Waals surface area contributed by atoms with Gasteiger partial charge in [0, 0.05) is 24.5 Å². The SMILES string of the molecule is CCCCCNCc1cnc(SCC)nc1. The van der Waals surface area contributed by atoms with Gasteiger partial charge in [-0.05, 0) is 18.7 Å². The van der Waals surface area contributed by atoms with E-state index in [0.29, 0.717) is 0 Å². The van der Waals surface area contributed by atoms with Crippen molar-refractivity contribution in [3.8, 4) is 0 Å². The van der Waals surface area contributed by atoms with Gasteiger partial charge in [-0.2, -0.15) is 0 Å². The summed E-state index contributed by atoms with van der Waals surface area (Å²) in [6, 6.07) is 0. The minimum absolute atomic E-state index is 0.872. The third kappa shape index (κ3) is 5.47. The van der Waals surface area contributed by atoms with E-state index in [1.54, 1.807) is 11.8 Å². The molecule has 0 atom stereocenters. The molecule has 0 unspecified atom stereocenters. The molecule has 0 saturated carbocycles. The second kappa shape index (κ2) is 8.53. The van der Waals surface area contributed by atoms with Gasteiger partial charge < -0.3 is 5.32 Å². The Labute approximate surface area is 102 Å². The summed E-state index contributed by atoms with van der Waals surface area (Å²) in [6.07, 6.45) is 7.65. The molecule has 0 radical (unpaired) electrons. The molecular formula is C12H21N3S. The first-order valence-electron chi connectivity index (χ1n) is 6.01. The minimum Gasteiger partial charge on any atom is -0.313 e. The highest BCUT2D eigenvalue weighted by molar-refractivity contribution is 7.99. The van der Waals surface area contributed by atoms with Gasteiger partial charge in [0.2, 0.25) is 0 Å². The van der Waals surface area contributed by atoms with Crippen molar-refractivity contribution in [3.63, 3.8) is 0 Å². The van der Waals surface area contributed by atoms with Gasteiger partial charge in [-0.3, -0.25) is 0 Å². The Hall–Kier alpha value is -0.610. The van der Waals surface area contributed by atoms with Crippen LogP contribution in [0.4, 0.5) is 0 Å². The normalized spacial score (nSPS) is 10.6. The fourth-order valence-electron chi connectivity index (χ4n) is 1.37. The van der Waals surface area contributed by atoms with Crippen molar-refractivity contribution >= 4 is 11.8 Å². The molecule has 4 heteroatoms. The van der Waals surface area contributed by atoms with E-state index >= 15 is 0 Å². The molecule has 1 rings (SSSR count). The Bertz CT molecular complexity index is 274. The number of thioether (sulfide) groups is 1. The molecule has 16 heavy (non-hydrogen) atoms. The summed E-state index contributed by atoms with van der Waals surface area (Å²) < 4.78 is 0. The first-order valence-corrected chi connectivity index (χ1v) is 6.99. The topological polar surface area (TPSA) is 37.8 Å². The highest BCUT2D eigenvalue weighted by Crippen LogP contribution is 2.10. The Morgan fingerprint density at radius 3 is 2.56 bits per heavy atom. The fraction of sp³-hybridized carbons (Fsp3) is 0.667. The van der Waals surface area contributed by atoms with Crippen LogP contribution in [0, 0.1) is 0 Å². The van der Waals surface area contributed by atoms with Crippen LogP contribution in [0.25, 0.3) is 0 Å². The van der Waals surface area contributed by atoms with Crippen molar-refractivity contribution in [1.82, 2.24) is 15.3 Å². The number of hydrogen-bond donors (Lipinski definition) is 1. The van der Waals surface area contributed by atoms with Crippen LogP contribution in [-0.4, -0.2) is 22.3 Å². The number of rotatable bonds is 8. The average Bonchev–Trinajstić information content (AvgIpc) is 2.31. The third-order valence-electron chi connectivity index (χ3n) is 2.24. The lowest BCUT2D eigenvalue weighted by Crippen LogP contribution is -2.14. The lowest BCUT2D eigenvalue weighted by atomic mass is 10.2. The maximum Gasteiger partial charge on any atom is 0.187 e. The van der Waals surface area contributed by atoms with Gasteiger partial charge in [-0.1, -0.05) is 38.5 Å². The molecule has 1 heterocycles. The number of nitrogens with one attached hydrogen (secondary N) is 1.